The minimum Gasteiger partial charge on any atom is -0.478 e. The summed E-state index contributed by atoms with van der Waals surface area (Å²) < 4.78 is 27.1. The molecule has 2 N–H and O–H groups in total. The van der Waals surface area contributed by atoms with Crippen LogP contribution < -0.4 is 5.32 Å². The molecular weight excluding hydrogens is 487 g/mol. The number of hydrogen-bond donors (Lipinski definition) is 2. The third-order valence-electron chi connectivity index (χ3n) is 8.42. The van der Waals surface area contributed by atoms with E-state index in [1.807, 2.05) is 0 Å². The van der Waals surface area contributed by atoms with Gasteiger partial charge in [0.15, 0.2) is 5.69 Å². The van der Waals surface area contributed by atoms with Crippen LogP contribution in [-0.2, 0) is 9.53 Å². The third-order valence-corrected chi connectivity index (χ3v) is 8.42. The number of rotatable bonds is 11. The molecule has 3 aliphatic rings. The quantitative estimate of drug-likeness (QED) is 0.272. The standard InChI is InChI=1S/C30H37FN2O5/c31-24-12-9-20(10-14-27(34)35)16-22(24)28(23-17-21-11-13-26(23)38-21)30-33-25(18-37-30)29(36)32-15-5-4-8-19-6-2-1-3-7-19/h9-10,12,14,16,18-19,21,23,26,28H,1-8,11,13,15,17H2,(H,32,36)(H,34,35)/t21?,23-,26?,28?/m0/s1. The maximum atomic E-state index is 15.2. The maximum Gasteiger partial charge on any atom is 0.328 e. The second-order valence-electron chi connectivity index (χ2n) is 11.0. The zero-order chi connectivity index (χ0) is 26.5. The van der Waals surface area contributed by atoms with Gasteiger partial charge in [-0.05, 0) is 55.4 Å². The van der Waals surface area contributed by atoms with Gasteiger partial charge in [-0.3, -0.25) is 4.79 Å². The Labute approximate surface area is 222 Å². The van der Waals surface area contributed by atoms with E-state index in [2.05, 4.69) is 10.3 Å². The summed E-state index contributed by atoms with van der Waals surface area (Å²) in [5, 5.41) is 11.9. The minimum absolute atomic E-state index is 0.0315. The number of carboxylic acid groups (broad SMARTS) is 1. The van der Waals surface area contributed by atoms with Crippen LogP contribution in [0.15, 0.2) is 35.0 Å². The summed E-state index contributed by atoms with van der Waals surface area (Å²) in [6.45, 7) is 0.587. The van der Waals surface area contributed by atoms with Gasteiger partial charge in [-0.25, -0.2) is 14.2 Å². The van der Waals surface area contributed by atoms with Crippen molar-refractivity contribution in [3.63, 3.8) is 0 Å². The zero-order valence-corrected chi connectivity index (χ0v) is 21.7. The minimum atomic E-state index is -1.08. The predicted octanol–water partition coefficient (Wildman–Crippen LogP) is 6.09. The first kappa shape index (κ1) is 26.6. The number of carbonyl (C=O) groups is 2. The number of amides is 1. The molecule has 2 aliphatic heterocycles. The van der Waals surface area contributed by atoms with Gasteiger partial charge in [0.05, 0.1) is 18.1 Å². The Morgan fingerprint density at radius 3 is 2.74 bits per heavy atom. The van der Waals surface area contributed by atoms with Gasteiger partial charge in [0.25, 0.3) is 5.91 Å². The first-order valence-corrected chi connectivity index (χ1v) is 14.1. The average Bonchev–Trinajstić information content (AvgIpc) is 3.68. The van der Waals surface area contributed by atoms with Crippen LogP contribution >= 0.6 is 0 Å². The SMILES string of the molecule is O=C(O)C=Cc1ccc(F)c(C(c2nc(C(=O)NCCCCC3CCCCC3)co2)[C@H]2CC3CCC2O3)c1. The molecule has 8 heteroatoms. The van der Waals surface area contributed by atoms with Crippen LogP contribution in [0.2, 0.25) is 0 Å². The number of unbranched alkanes of at least 4 members (excludes halogenated alkanes) is 1. The Morgan fingerprint density at radius 2 is 2.00 bits per heavy atom. The van der Waals surface area contributed by atoms with Crippen LogP contribution in [0.25, 0.3) is 6.08 Å². The lowest BCUT2D eigenvalue weighted by Crippen LogP contribution is -2.27. The van der Waals surface area contributed by atoms with E-state index in [-0.39, 0.29) is 35.6 Å². The van der Waals surface area contributed by atoms with Crippen molar-refractivity contribution in [2.75, 3.05) is 6.54 Å². The first-order chi connectivity index (χ1) is 18.5. The maximum absolute atomic E-state index is 15.2. The molecule has 3 heterocycles. The molecule has 2 saturated heterocycles. The summed E-state index contributed by atoms with van der Waals surface area (Å²) in [5.74, 6) is -1.26. The fourth-order valence-electron chi connectivity index (χ4n) is 6.51. The smallest absolute Gasteiger partial charge is 0.328 e. The normalized spacial score (nSPS) is 24.2. The van der Waals surface area contributed by atoms with Gasteiger partial charge in [-0.15, -0.1) is 0 Å². The molecule has 38 heavy (non-hydrogen) atoms. The van der Waals surface area contributed by atoms with Crippen LogP contribution in [0.5, 0.6) is 0 Å². The molecule has 1 amide bonds. The number of aliphatic carboxylic acids is 1. The number of fused-ring (bicyclic) bond motifs is 2. The van der Waals surface area contributed by atoms with Crippen molar-refractivity contribution in [1.29, 1.82) is 0 Å². The highest BCUT2D eigenvalue weighted by Crippen LogP contribution is 2.48. The number of benzene rings is 1. The summed E-state index contributed by atoms with van der Waals surface area (Å²) >= 11 is 0. The second-order valence-corrected chi connectivity index (χ2v) is 11.0. The van der Waals surface area contributed by atoms with Gasteiger partial charge in [-0.1, -0.05) is 51.0 Å². The van der Waals surface area contributed by atoms with Crippen molar-refractivity contribution in [1.82, 2.24) is 10.3 Å². The molecular formula is C30H37FN2O5. The highest BCUT2D eigenvalue weighted by atomic mass is 19.1. The molecule has 0 radical (unpaired) electrons. The van der Waals surface area contributed by atoms with Crippen molar-refractivity contribution >= 4 is 18.0 Å². The highest BCUT2D eigenvalue weighted by molar-refractivity contribution is 5.91. The summed E-state index contributed by atoms with van der Waals surface area (Å²) in [6, 6.07) is 4.51. The molecule has 3 unspecified atom stereocenters. The van der Waals surface area contributed by atoms with Crippen LogP contribution in [0, 0.1) is 17.7 Å². The molecule has 3 fully saturated rings. The van der Waals surface area contributed by atoms with Crippen molar-refractivity contribution in [2.24, 2.45) is 11.8 Å². The first-order valence-electron chi connectivity index (χ1n) is 14.1. The molecule has 7 nitrogen and oxygen atoms in total. The largest absolute Gasteiger partial charge is 0.478 e. The number of carboxylic acids is 1. The topological polar surface area (TPSA) is 102 Å². The van der Waals surface area contributed by atoms with Gasteiger partial charge >= 0.3 is 5.97 Å². The van der Waals surface area contributed by atoms with Gasteiger partial charge in [0, 0.05) is 24.1 Å². The van der Waals surface area contributed by atoms with Crippen LogP contribution in [0.1, 0.15) is 104 Å². The lowest BCUT2D eigenvalue weighted by atomic mass is 9.76. The molecule has 1 aliphatic carbocycles. The number of aromatic nitrogens is 1. The van der Waals surface area contributed by atoms with Gasteiger partial charge < -0.3 is 19.6 Å². The molecule has 4 atom stereocenters. The zero-order valence-electron chi connectivity index (χ0n) is 21.7. The van der Waals surface area contributed by atoms with Crippen LogP contribution in [0.3, 0.4) is 0 Å². The predicted molar refractivity (Wildman–Crippen MR) is 140 cm³/mol. The summed E-state index contributed by atoms with van der Waals surface area (Å²) in [6.07, 6.45) is 16.5. The lowest BCUT2D eigenvalue weighted by Gasteiger charge is -2.27. The second kappa shape index (κ2) is 12.2. The molecule has 2 bridgehead atoms. The molecule has 1 aromatic carbocycles. The number of nitrogens with zero attached hydrogens (tertiary/aromatic N) is 1. The van der Waals surface area contributed by atoms with E-state index in [9.17, 15) is 9.59 Å². The number of ether oxygens (including phenoxy) is 1. The molecule has 1 aromatic heterocycles. The van der Waals surface area contributed by atoms with Crippen molar-refractivity contribution in [3.8, 4) is 0 Å². The van der Waals surface area contributed by atoms with E-state index in [1.165, 1.54) is 63.0 Å². The van der Waals surface area contributed by atoms with Gasteiger partial charge in [-0.2, -0.15) is 0 Å². The Balaban J connectivity index is 1.28. The summed E-state index contributed by atoms with van der Waals surface area (Å²) in [4.78, 5) is 28.3. The Morgan fingerprint density at radius 1 is 1.16 bits per heavy atom. The molecule has 1 saturated carbocycles. The number of halogens is 1. The van der Waals surface area contributed by atoms with E-state index >= 15 is 4.39 Å². The number of oxazole rings is 1. The third kappa shape index (κ3) is 6.34. The van der Waals surface area contributed by atoms with Crippen LogP contribution in [-0.4, -0.2) is 40.7 Å². The Kier molecular flexibility index (Phi) is 8.57. The van der Waals surface area contributed by atoms with E-state index in [0.717, 1.165) is 44.1 Å². The fraction of sp³-hybridized carbons (Fsp3) is 0.567. The lowest BCUT2D eigenvalue weighted by molar-refractivity contribution is -0.131. The van der Waals surface area contributed by atoms with Crippen molar-refractivity contribution < 1.29 is 28.2 Å². The molecule has 0 spiro atoms. The summed E-state index contributed by atoms with van der Waals surface area (Å²) in [5.41, 5.74) is 1.12. The Bertz CT molecular complexity index is 1160. The fourth-order valence-corrected chi connectivity index (χ4v) is 6.51. The van der Waals surface area contributed by atoms with Crippen LogP contribution in [0.4, 0.5) is 4.39 Å². The van der Waals surface area contributed by atoms with Crippen molar-refractivity contribution in [3.05, 3.63) is 59.1 Å². The molecule has 2 aromatic rings. The van der Waals surface area contributed by atoms with Gasteiger partial charge in [0.2, 0.25) is 5.89 Å². The molecule has 5 rings (SSSR count). The van der Waals surface area contributed by atoms with E-state index in [0.29, 0.717) is 17.7 Å². The van der Waals surface area contributed by atoms with E-state index in [1.54, 1.807) is 6.07 Å². The van der Waals surface area contributed by atoms with E-state index in [4.69, 9.17) is 14.3 Å². The average molecular weight is 525 g/mol. The number of nitrogens with one attached hydrogen (secondary N) is 1. The van der Waals surface area contributed by atoms with Gasteiger partial charge in [0.1, 0.15) is 12.1 Å². The van der Waals surface area contributed by atoms with E-state index < -0.39 is 17.7 Å². The number of carbonyl (C=O) groups excluding carboxylic acids is 1. The van der Waals surface area contributed by atoms with Crippen molar-refractivity contribution in [2.45, 2.75) is 88.8 Å². The molecule has 204 valence electrons. The monoisotopic (exact) mass is 524 g/mol. The number of hydrogen-bond acceptors (Lipinski definition) is 5. The summed E-state index contributed by atoms with van der Waals surface area (Å²) in [7, 11) is 0. The Hall–Kier alpha value is -3.00. The highest BCUT2D eigenvalue weighted by Gasteiger charge is 2.47.